The zero-order valence-corrected chi connectivity index (χ0v) is 7.79. The molecular weight excluding hydrogens is 154 g/mol. The Balaban J connectivity index is 2.46. The van der Waals surface area contributed by atoms with Gasteiger partial charge in [0.2, 0.25) is 5.91 Å². The summed E-state index contributed by atoms with van der Waals surface area (Å²) in [7, 11) is 0. The molecule has 1 amide bonds. The van der Waals surface area contributed by atoms with Crippen LogP contribution in [0.3, 0.4) is 0 Å². The van der Waals surface area contributed by atoms with Crippen LogP contribution in [0.25, 0.3) is 0 Å². The predicted molar refractivity (Wildman–Crippen MR) is 46.7 cm³/mol. The van der Waals surface area contributed by atoms with E-state index in [4.69, 9.17) is 0 Å². The first kappa shape index (κ1) is 9.52. The molecule has 70 valence electrons. The number of aliphatic hydroxyl groups is 1. The fraction of sp³-hybridized carbons (Fsp3) is 0.889. The average molecular weight is 171 g/mol. The first-order valence-corrected chi connectivity index (χ1v) is 4.55. The fourth-order valence-corrected chi connectivity index (χ4v) is 1.69. The van der Waals surface area contributed by atoms with Gasteiger partial charge in [0, 0.05) is 25.9 Å². The van der Waals surface area contributed by atoms with Crippen molar-refractivity contribution < 1.29 is 9.90 Å². The molecule has 3 nitrogen and oxygen atoms in total. The third-order valence-electron chi connectivity index (χ3n) is 2.59. The number of carbonyl (C=O) groups excluding carboxylic acids is 1. The molecule has 1 rings (SSSR count). The Morgan fingerprint density at radius 2 is 2.33 bits per heavy atom. The molecule has 1 fully saturated rings. The SMILES string of the molecule is CC(=O)N1CCCC(C(C)O)C1. The topological polar surface area (TPSA) is 40.5 Å². The fourth-order valence-electron chi connectivity index (χ4n) is 1.69. The van der Waals surface area contributed by atoms with Crippen molar-refractivity contribution in [3.05, 3.63) is 0 Å². The molecule has 0 spiro atoms. The highest BCUT2D eigenvalue weighted by molar-refractivity contribution is 5.73. The number of hydrogen-bond acceptors (Lipinski definition) is 2. The Kier molecular flexibility index (Phi) is 3.09. The molecule has 1 heterocycles. The van der Waals surface area contributed by atoms with Crippen LogP contribution in [0, 0.1) is 5.92 Å². The monoisotopic (exact) mass is 171 g/mol. The molecule has 0 saturated carbocycles. The summed E-state index contributed by atoms with van der Waals surface area (Å²) in [6.07, 6.45) is 1.78. The minimum atomic E-state index is -0.285. The predicted octanol–water partition coefficient (Wildman–Crippen LogP) is 0.626. The van der Waals surface area contributed by atoms with E-state index in [0.29, 0.717) is 0 Å². The minimum Gasteiger partial charge on any atom is -0.393 e. The molecule has 0 aromatic heterocycles. The van der Waals surface area contributed by atoms with Gasteiger partial charge in [-0.05, 0) is 19.8 Å². The van der Waals surface area contributed by atoms with E-state index in [1.54, 1.807) is 13.8 Å². The molecule has 1 aliphatic heterocycles. The maximum absolute atomic E-state index is 11.0. The highest BCUT2D eigenvalue weighted by Gasteiger charge is 2.24. The van der Waals surface area contributed by atoms with E-state index in [0.717, 1.165) is 25.9 Å². The molecule has 1 N–H and O–H groups in total. The second-order valence-corrected chi connectivity index (χ2v) is 3.61. The van der Waals surface area contributed by atoms with Crippen LogP contribution >= 0.6 is 0 Å². The van der Waals surface area contributed by atoms with Crippen molar-refractivity contribution in [3.8, 4) is 0 Å². The molecule has 1 saturated heterocycles. The molecule has 0 aromatic rings. The molecular formula is C9H17NO2. The summed E-state index contributed by atoms with van der Waals surface area (Å²) in [5.41, 5.74) is 0. The van der Waals surface area contributed by atoms with Crippen molar-refractivity contribution in [1.29, 1.82) is 0 Å². The third kappa shape index (κ3) is 2.21. The maximum Gasteiger partial charge on any atom is 0.219 e. The van der Waals surface area contributed by atoms with Gasteiger partial charge >= 0.3 is 0 Å². The largest absolute Gasteiger partial charge is 0.393 e. The summed E-state index contributed by atoms with van der Waals surface area (Å²) in [5.74, 6) is 0.406. The summed E-state index contributed by atoms with van der Waals surface area (Å²) >= 11 is 0. The van der Waals surface area contributed by atoms with Crippen LogP contribution in [0.15, 0.2) is 0 Å². The summed E-state index contributed by atoms with van der Waals surface area (Å²) < 4.78 is 0. The quantitative estimate of drug-likeness (QED) is 0.628. The standard InChI is InChI=1S/C9H17NO2/c1-7(11)9-4-3-5-10(6-9)8(2)12/h7,9,11H,3-6H2,1-2H3. The molecule has 0 aromatic carbocycles. The van der Waals surface area contributed by atoms with E-state index >= 15 is 0 Å². The van der Waals surface area contributed by atoms with Crippen molar-refractivity contribution in [3.63, 3.8) is 0 Å². The van der Waals surface area contributed by atoms with Crippen molar-refractivity contribution in [2.24, 2.45) is 5.92 Å². The second-order valence-electron chi connectivity index (χ2n) is 3.61. The highest BCUT2D eigenvalue weighted by Crippen LogP contribution is 2.19. The smallest absolute Gasteiger partial charge is 0.219 e. The maximum atomic E-state index is 11.0. The number of nitrogens with zero attached hydrogens (tertiary/aromatic N) is 1. The van der Waals surface area contributed by atoms with Gasteiger partial charge in [0.05, 0.1) is 6.10 Å². The van der Waals surface area contributed by atoms with Gasteiger partial charge in [0.1, 0.15) is 0 Å². The van der Waals surface area contributed by atoms with Crippen LogP contribution < -0.4 is 0 Å². The lowest BCUT2D eigenvalue weighted by atomic mass is 9.93. The van der Waals surface area contributed by atoms with E-state index in [1.165, 1.54) is 0 Å². The second kappa shape index (κ2) is 3.90. The van der Waals surface area contributed by atoms with E-state index in [-0.39, 0.29) is 17.9 Å². The van der Waals surface area contributed by atoms with Gasteiger partial charge in [0.15, 0.2) is 0 Å². The number of carbonyl (C=O) groups is 1. The van der Waals surface area contributed by atoms with Gasteiger partial charge in [-0.15, -0.1) is 0 Å². The van der Waals surface area contributed by atoms with Gasteiger partial charge < -0.3 is 10.0 Å². The summed E-state index contributed by atoms with van der Waals surface area (Å²) in [5, 5.41) is 9.34. The zero-order valence-electron chi connectivity index (χ0n) is 7.79. The molecule has 2 atom stereocenters. The molecule has 2 unspecified atom stereocenters. The van der Waals surface area contributed by atoms with E-state index in [9.17, 15) is 9.90 Å². The third-order valence-corrected chi connectivity index (χ3v) is 2.59. The molecule has 12 heavy (non-hydrogen) atoms. The summed E-state index contributed by atoms with van der Waals surface area (Å²) in [6, 6.07) is 0. The van der Waals surface area contributed by atoms with Gasteiger partial charge in [-0.1, -0.05) is 0 Å². The number of likely N-dealkylation sites (tertiary alicyclic amines) is 1. The minimum absolute atomic E-state index is 0.125. The number of rotatable bonds is 1. The number of aliphatic hydroxyl groups excluding tert-OH is 1. The lowest BCUT2D eigenvalue weighted by Gasteiger charge is -2.33. The molecule has 1 aliphatic rings. The van der Waals surface area contributed by atoms with Crippen molar-refractivity contribution >= 4 is 5.91 Å². The molecule has 0 radical (unpaired) electrons. The van der Waals surface area contributed by atoms with Crippen LogP contribution in [0.1, 0.15) is 26.7 Å². The van der Waals surface area contributed by atoms with Crippen molar-refractivity contribution in [2.75, 3.05) is 13.1 Å². The van der Waals surface area contributed by atoms with Gasteiger partial charge in [-0.25, -0.2) is 0 Å². The first-order chi connectivity index (χ1) is 5.61. The van der Waals surface area contributed by atoms with Crippen molar-refractivity contribution in [2.45, 2.75) is 32.8 Å². The molecule has 3 heteroatoms. The van der Waals surface area contributed by atoms with Gasteiger partial charge in [-0.2, -0.15) is 0 Å². The Morgan fingerprint density at radius 1 is 1.67 bits per heavy atom. The van der Waals surface area contributed by atoms with Crippen LogP contribution in [-0.4, -0.2) is 35.1 Å². The van der Waals surface area contributed by atoms with Crippen molar-refractivity contribution in [1.82, 2.24) is 4.90 Å². The summed E-state index contributed by atoms with van der Waals surface area (Å²) in [4.78, 5) is 12.8. The molecule has 0 bridgehead atoms. The Labute approximate surface area is 73.4 Å². The lowest BCUT2D eigenvalue weighted by Crippen LogP contribution is -2.41. The number of piperidine rings is 1. The normalized spacial score (nSPS) is 26.9. The number of amides is 1. The summed E-state index contributed by atoms with van der Waals surface area (Å²) in [6.45, 7) is 4.98. The lowest BCUT2D eigenvalue weighted by molar-refractivity contribution is -0.131. The Bertz CT molecular complexity index is 168. The van der Waals surface area contributed by atoms with Crippen LogP contribution in [0.5, 0.6) is 0 Å². The first-order valence-electron chi connectivity index (χ1n) is 4.55. The number of hydrogen-bond donors (Lipinski definition) is 1. The van der Waals surface area contributed by atoms with Gasteiger partial charge in [0.25, 0.3) is 0 Å². The van der Waals surface area contributed by atoms with E-state index < -0.39 is 0 Å². The average Bonchev–Trinajstić information content (AvgIpc) is 2.04. The van der Waals surface area contributed by atoms with E-state index in [1.807, 2.05) is 4.90 Å². The van der Waals surface area contributed by atoms with Crippen LogP contribution in [0.4, 0.5) is 0 Å². The molecule has 0 aliphatic carbocycles. The van der Waals surface area contributed by atoms with Crippen LogP contribution in [0.2, 0.25) is 0 Å². The highest BCUT2D eigenvalue weighted by atomic mass is 16.3. The zero-order chi connectivity index (χ0) is 9.14. The Morgan fingerprint density at radius 3 is 2.83 bits per heavy atom. The van der Waals surface area contributed by atoms with Gasteiger partial charge in [-0.3, -0.25) is 4.79 Å². The van der Waals surface area contributed by atoms with Crippen LogP contribution in [-0.2, 0) is 4.79 Å². The van der Waals surface area contributed by atoms with E-state index in [2.05, 4.69) is 0 Å². The Hall–Kier alpha value is -0.570.